The van der Waals surface area contributed by atoms with Crippen LogP contribution in [-0.2, 0) is 6.54 Å². The zero-order chi connectivity index (χ0) is 13.5. The number of alkyl halides is 4. The number of fused-ring (bicyclic) bond motifs is 1. The van der Waals surface area contributed by atoms with Crippen LogP contribution in [0.4, 0.5) is 23.5 Å². The number of imidazole rings is 1. The van der Waals surface area contributed by atoms with Gasteiger partial charge in [0.05, 0.1) is 6.54 Å². The largest absolute Gasteiger partial charge is 0.369 e. The number of nitrogens with two attached hydrogens (primary N) is 1. The number of nitrogens with zero attached hydrogens (tertiary/aromatic N) is 3. The molecular weight excluding hydrogens is 252 g/mol. The molecule has 0 aliphatic heterocycles. The first-order valence-electron chi connectivity index (χ1n) is 5.06. The summed E-state index contributed by atoms with van der Waals surface area (Å²) in [5, 5.41) is 0. The summed E-state index contributed by atoms with van der Waals surface area (Å²) >= 11 is 0. The molecule has 0 amide bonds. The van der Waals surface area contributed by atoms with Crippen LogP contribution in [0.2, 0.25) is 0 Å². The normalized spacial score (nSPS) is 12.6. The standard InChI is InChI=1S/C10H10F4N4/c1-5-2-3-6-7(16-5)18(9(15)17-6)4-10(13,14)8(11)12/h2-3,8H,4H2,1H3,(H2,15,17). The summed E-state index contributed by atoms with van der Waals surface area (Å²) in [5.41, 5.74) is 6.37. The Balaban J connectivity index is 2.50. The van der Waals surface area contributed by atoms with E-state index in [2.05, 4.69) is 9.97 Å². The number of halogens is 4. The highest BCUT2D eigenvalue weighted by Gasteiger charge is 2.42. The maximum absolute atomic E-state index is 13.0. The molecule has 0 radical (unpaired) electrons. The third kappa shape index (κ3) is 2.09. The van der Waals surface area contributed by atoms with Crippen molar-refractivity contribution in [1.29, 1.82) is 0 Å². The third-order valence-corrected chi connectivity index (χ3v) is 2.45. The molecule has 0 aromatic carbocycles. The van der Waals surface area contributed by atoms with Crippen LogP contribution in [0.1, 0.15) is 5.69 Å². The highest BCUT2D eigenvalue weighted by Crippen LogP contribution is 2.28. The molecule has 8 heteroatoms. The summed E-state index contributed by atoms with van der Waals surface area (Å²) in [4.78, 5) is 7.78. The molecule has 0 saturated carbocycles. The van der Waals surface area contributed by atoms with E-state index in [1.54, 1.807) is 19.1 Å². The van der Waals surface area contributed by atoms with Gasteiger partial charge in [-0.15, -0.1) is 0 Å². The second-order valence-electron chi connectivity index (χ2n) is 3.91. The van der Waals surface area contributed by atoms with Gasteiger partial charge in [-0.05, 0) is 19.1 Å². The van der Waals surface area contributed by atoms with Crippen molar-refractivity contribution in [1.82, 2.24) is 14.5 Å². The molecule has 2 N–H and O–H groups in total. The molecule has 0 spiro atoms. The maximum atomic E-state index is 13.0. The summed E-state index contributed by atoms with van der Waals surface area (Å²) in [6.45, 7) is 0.404. The Morgan fingerprint density at radius 3 is 2.61 bits per heavy atom. The van der Waals surface area contributed by atoms with Crippen molar-refractivity contribution in [2.24, 2.45) is 0 Å². The number of rotatable bonds is 3. The van der Waals surface area contributed by atoms with Gasteiger partial charge in [0.25, 0.3) is 0 Å². The Kier molecular flexibility index (Phi) is 2.88. The predicted octanol–water partition coefficient (Wildman–Crippen LogP) is 2.22. The molecule has 2 heterocycles. The number of hydrogen-bond donors (Lipinski definition) is 1. The fraction of sp³-hybridized carbons (Fsp3) is 0.400. The number of nitrogen functional groups attached to an aromatic ring is 1. The topological polar surface area (TPSA) is 56.7 Å². The quantitative estimate of drug-likeness (QED) is 0.863. The Labute approximate surface area is 99.4 Å². The van der Waals surface area contributed by atoms with Gasteiger partial charge in [-0.3, -0.25) is 4.57 Å². The van der Waals surface area contributed by atoms with Crippen LogP contribution in [0.3, 0.4) is 0 Å². The molecule has 0 saturated heterocycles. The molecular formula is C10H10F4N4. The number of aromatic nitrogens is 3. The highest BCUT2D eigenvalue weighted by atomic mass is 19.3. The van der Waals surface area contributed by atoms with Crippen molar-refractivity contribution in [3.8, 4) is 0 Å². The second-order valence-corrected chi connectivity index (χ2v) is 3.91. The maximum Gasteiger partial charge on any atom is 0.325 e. The molecule has 0 bridgehead atoms. The zero-order valence-electron chi connectivity index (χ0n) is 9.37. The molecule has 0 aliphatic rings. The summed E-state index contributed by atoms with van der Waals surface area (Å²) in [6.07, 6.45) is -3.76. The lowest BCUT2D eigenvalue weighted by Gasteiger charge is -2.16. The van der Waals surface area contributed by atoms with Gasteiger partial charge in [0.2, 0.25) is 5.95 Å². The van der Waals surface area contributed by atoms with Crippen molar-refractivity contribution < 1.29 is 17.6 Å². The Morgan fingerprint density at radius 2 is 2.00 bits per heavy atom. The van der Waals surface area contributed by atoms with Crippen molar-refractivity contribution >= 4 is 17.1 Å². The summed E-state index contributed by atoms with van der Waals surface area (Å²) in [5.74, 6) is -4.43. The molecule has 0 unspecified atom stereocenters. The first kappa shape index (κ1) is 12.6. The summed E-state index contributed by atoms with van der Waals surface area (Å²) in [6, 6.07) is 3.18. The van der Waals surface area contributed by atoms with E-state index in [1.807, 2.05) is 0 Å². The van der Waals surface area contributed by atoms with Gasteiger partial charge in [0, 0.05) is 5.69 Å². The second kappa shape index (κ2) is 4.11. The Bertz CT molecular complexity index is 579. The monoisotopic (exact) mass is 262 g/mol. The fourth-order valence-corrected chi connectivity index (χ4v) is 1.55. The van der Waals surface area contributed by atoms with E-state index in [9.17, 15) is 17.6 Å². The van der Waals surface area contributed by atoms with Gasteiger partial charge in [-0.25, -0.2) is 18.7 Å². The zero-order valence-corrected chi connectivity index (χ0v) is 9.37. The molecule has 2 aromatic heterocycles. The van der Waals surface area contributed by atoms with E-state index in [4.69, 9.17) is 5.73 Å². The number of aryl methyl sites for hydroxylation is 1. The van der Waals surface area contributed by atoms with Crippen LogP contribution in [-0.4, -0.2) is 26.9 Å². The molecule has 0 atom stereocenters. The fourth-order valence-electron chi connectivity index (χ4n) is 1.55. The van der Waals surface area contributed by atoms with Gasteiger partial charge >= 0.3 is 12.3 Å². The molecule has 0 aliphatic carbocycles. The smallest absolute Gasteiger partial charge is 0.325 e. The lowest BCUT2D eigenvalue weighted by atomic mass is 10.3. The summed E-state index contributed by atoms with van der Waals surface area (Å²) < 4.78 is 51.2. The van der Waals surface area contributed by atoms with Gasteiger partial charge in [0.1, 0.15) is 5.52 Å². The van der Waals surface area contributed by atoms with Crippen molar-refractivity contribution in [2.75, 3.05) is 5.73 Å². The number of anilines is 1. The average molecular weight is 262 g/mol. The van der Waals surface area contributed by atoms with Gasteiger partial charge < -0.3 is 5.73 Å². The van der Waals surface area contributed by atoms with E-state index < -0.39 is 18.9 Å². The minimum Gasteiger partial charge on any atom is -0.369 e. The molecule has 0 fully saturated rings. The Hall–Kier alpha value is -1.86. The van der Waals surface area contributed by atoms with Crippen LogP contribution < -0.4 is 5.73 Å². The average Bonchev–Trinajstić information content (AvgIpc) is 2.55. The van der Waals surface area contributed by atoms with Crippen LogP contribution in [0.15, 0.2) is 12.1 Å². The van der Waals surface area contributed by atoms with Gasteiger partial charge in [-0.2, -0.15) is 8.78 Å². The first-order valence-corrected chi connectivity index (χ1v) is 5.06. The van der Waals surface area contributed by atoms with Crippen molar-refractivity contribution in [3.05, 3.63) is 17.8 Å². The molecule has 98 valence electrons. The van der Waals surface area contributed by atoms with Gasteiger partial charge in [-0.1, -0.05) is 0 Å². The molecule has 18 heavy (non-hydrogen) atoms. The van der Waals surface area contributed by atoms with E-state index in [0.29, 0.717) is 11.2 Å². The number of pyridine rings is 1. The number of hydrogen-bond acceptors (Lipinski definition) is 3. The lowest BCUT2D eigenvalue weighted by Crippen LogP contribution is -2.32. The van der Waals surface area contributed by atoms with Crippen molar-refractivity contribution in [3.63, 3.8) is 0 Å². The lowest BCUT2D eigenvalue weighted by molar-refractivity contribution is -0.137. The van der Waals surface area contributed by atoms with Gasteiger partial charge in [0.15, 0.2) is 5.65 Å². The van der Waals surface area contributed by atoms with E-state index >= 15 is 0 Å². The minimum absolute atomic E-state index is 0.0767. The van der Waals surface area contributed by atoms with Crippen molar-refractivity contribution in [2.45, 2.75) is 25.8 Å². The molecule has 4 nitrogen and oxygen atoms in total. The van der Waals surface area contributed by atoms with E-state index in [1.165, 1.54) is 0 Å². The SMILES string of the molecule is Cc1ccc2nc(N)n(CC(F)(F)C(F)F)c2n1. The first-order chi connectivity index (χ1) is 8.31. The van der Waals surface area contributed by atoms with E-state index in [-0.39, 0.29) is 11.6 Å². The van der Waals surface area contributed by atoms with Crippen LogP contribution in [0, 0.1) is 6.92 Å². The minimum atomic E-state index is -4.17. The Morgan fingerprint density at radius 1 is 1.33 bits per heavy atom. The van der Waals surface area contributed by atoms with Crippen LogP contribution >= 0.6 is 0 Å². The third-order valence-electron chi connectivity index (χ3n) is 2.45. The summed E-state index contributed by atoms with van der Waals surface area (Å²) in [7, 11) is 0. The van der Waals surface area contributed by atoms with E-state index in [0.717, 1.165) is 4.57 Å². The van der Waals surface area contributed by atoms with Crippen LogP contribution in [0.5, 0.6) is 0 Å². The molecule has 2 rings (SSSR count). The van der Waals surface area contributed by atoms with Crippen LogP contribution in [0.25, 0.3) is 11.2 Å². The predicted molar refractivity (Wildman–Crippen MR) is 57.6 cm³/mol. The highest BCUT2D eigenvalue weighted by molar-refractivity contribution is 5.74. The molecule has 2 aromatic rings.